The number of phenols is 1. The number of benzene rings is 1. The quantitative estimate of drug-likeness (QED) is 0.513. The van der Waals surface area contributed by atoms with Gasteiger partial charge in [0.25, 0.3) is 5.91 Å². The average molecular weight is 364 g/mol. The molecule has 0 spiro atoms. The molecule has 0 atom stereocenters. The van der Waals surface area contributed by atoms with Gasteiger partial charge in [-0.15, -0.1) is 0 Å². The molecule has 1 aromatic carbocycles. The first-order chi connectivity index (χ1) is 13.0. The van der Waals surface area contributed by atoms with E-state index in [4.69, 9.17) is 0 Å². The summed E-state index contributed by atoms with van der Waals surface area (Å²) in [5.74, 6) is -1.64. The molecule has 0 saturated heterocycles. The number of para-hydroxylation sites is 2. The molecule has 4 N–H and O–H groups in total. The van der Waals surface area contributed by atoms with Crippen molar-refractivity contribution in [3.8, 4) is 22.9 Å². The number of aromatic nitrogens is 2. The van der Waals surface area contributed by atoms with Crippen molar-refractivity contribution in [3.05, 3.63) is 66.5 Å². The van der Waals surface area contributed by atoms with Gasteiger partial charge in [0.15, 0.2) is 5.69 Å². The molecular weight excluding hydrogens is 348 g/mol. The number of hydrogen-bond acceptors (Lipinski definition) is 6. The average Bonchev–Trinajstić information content (AvgIpc) is 2.69. The molecule has 0 aliphatic carbocycles. The van der Waals surface area contributed by atoms with E-state index in [1.165, 1.54) is 18.2 Å². The molecule has 0 aliphatic rings. The van der Waals surface area contributed by atoms with Gasteiger partial charge in [-0.25, -0.2) is 4.98 Å². The maximum absolute atomic E-state index is 12.3. The van der Waals surface area contributed by atoms with Gasteiger partial charge < -0.3 is 20.8 Å². The number of nitrogens with zero attached hydrogens (tertiary/aromatic N) is 2. The number of hydrogen-bond donors (Lipinski definition) is 4. The Morgan fingerprint density at radius 2 is 1.67 bits per heavy atom. The molecule has 8 nitrogen and oxygen atoms in total. The Hall–Kier alpha value is -3.94. The highest BCUT2D eigenvalue weighted by Crippen LogP contribution is 2.22. The maximum atomic E-state index is 12.3. The Balaban J connectivity index is 1.67. The maximum Gasteiger partial charge on any atom is 0.274 e. The lowest BCUT2D eigenvalue weighted by molar-refractivity contribution is -0.115. The van der Waals surface area contributed by atoms with Gasteiger partial charge in [-0.05, 0) is 36.4 Å². The van der Waals surface area contributed by atoms with Gasteiger partial charge in [0.2, 0.25) is 5.91 Å². The summed E-state index contributed by atoms with van der Waals surface area (Å²) < 4.78 is 0. The first-order valence-corrected chi connectivity index (χ1v) is 8.02. The van der Waals surface area contributed by atoms with E-state index in [2.05, 4.69) is 20.6 Å². The van der Waals surface area contributed by atoms with E-state index in [1.54, 1.807) is 42.6 Å². The minimum Gasteiger partial charge on any atom is -0.506 e. The summed E-state index contributed by atoms with van der Waals surface area (Å²) in [6.45, 7) is -0.359. The molecule has 3 aromatic rings. The van der Waals surface area contributed by atoms with E-state index in [0.717, 1.165) is 0 Å². The number of rotatable bonds is 5. The number of pyridine rings is 2. The van der Waals surface area contributed by atoms with Crippen LogP contribution in [-0.2, 0) is 4.79 Å². The summed E-state index contributed by atoms with van der Waals surface area (Å²) in [7, 11) is 0. The molecule has 0 fully saturated rings. The van der Waals surface area contributed by atoms with Gasteiger partial charge in [-0.3, -0.25) is 14.6 Å². The fraction of sp³-hybridized carbons (Fsp3) is 0.0526. The molecule has 2 aromatic heterocycles. The standard InChI is InChI=1S/C19H16N4O4/c24-15-7-2-1-6-14(15)22-17(26)11-21-19(27)18-16(25)9-8-13(23-18)12-5-3-4-10-20-12/h1-10,24-25H,11H2,(H,21,27)(H,22,26). The molecule has 3 rings (SSSR count). The van der Waals surface area contributed by atoms with Crippen LogP contribution in [0.5, 0.6) is 11.5 Å². The van der Waals surface area contributed by atoms with Crippen molar-refractivity contribution in [1.82, 2.24) is 15.3 Å². The lowest BCUT2D eigenvalue weighted by Gasteiger charge is -2.09. The zero-order chi connectivity index (χ0) is 19.2. The molecule has 0 saturated carbocycles. The zero-order valence-electron chi connectivity index (χ0n) is 14.1. The Morgan fingerprint density at radius 3 is 2.41 bits per heavy atom. The Kier molecular flexibility index (Phi) is 5.27. The smallest absolute Gasteiger partial charge is 0.274 e. The number of phenolic OH excluding ortho intramolecular Hbond substituents is 1. The van der Waals surface area contributed by atoms with E-state index < -0.39 is 11.8 Å². The summed E-state index contributed by atoms with van der Waals surface area (Å²) in [5, 5.41) is 24.4. The number of aromatic hydroxyl groups is 2. The van der Waals surface area contributed by atoms with E-state index in [-0.39, 0.29) is 29.4 Å². The molecule has 0 bridgehead atoms. The van der Waals surface area contributed by atoms with E-state index in [9.17, 15) is 19.8 Å². The summed E-state index contributed by atoms with van der Waals surface area (Å²) in [6.07, 6.45) is 1.59. The summed E-state index contributed by atoms with van der Waals surface area (Å²) in [6, 6.07) is 14.4. The Labute approximate surface area is 154 Å². The highest BCUT2D eigenvalue weighted by molar-refractivity contribution is 6.00. The van der Waals surface area contributed by atoms with Gasteiger partial charge in [0.1, 0.15) is 11.5 Å². The van der Waals surface area contributed by atoms with Crippen LogP contribution in [0.3, 0.4) is 0 Å². The van der Waals surface area contributed by atoms with E-state index in [1.807, 2.05) is 0 Å². The number of nitrogens with one attached hydrogen (secondary N) is 2. The van der Waals surface area contributed by atoms with Crippen molar-refractivity contribution in [2.75, 3.05) is 11.9 Å². The van der Waals surface area contributed by atoms with Crippen LogP contribution >= 0.6 is 0 Å². The van der Waals surface area contributed by atoms with Gasteiger partial charge in [-0.1, -0.05) is 18.2 Å². The second-order valence-electron chi connectivity index (χ2n) is 5.53. The lowest BCUT2D eigenvalue weighted by Crippen LogP contribution is -2.33. The fourth-order valence-electron chi connectivity index (χ4n) is 2.29. The van der Waals surface area contributed by atoms with Crippen LogP contribution < -0.4 is 10.6 Å². The lowest BCUT2D eigenvalue weighted by atomic mass is 10.2. The molecule has 0 radical (unpaired) electrons. The van der Waals surface area contributed by atoms with Crippen LogP contribution in [0.25, 0.3) is 11.4 Å². The Morgan fingerprint density at radius 1 is 0.889 bits per heavy atom. The highest BCUT2D eigenvalue weighted by atomic mass is 16.3. The number of anilines is 1. The van der Waals surface area contributed by atoms with Crippen LogP contribution in [0.2, 0.25) is 0 Å². The van der Waals surface area contributed by atoms with Gasteiger partial charge >= 0.3 is 0 Å². The number of carbonyl (C=O) groups excluding carboxylic acids is 2. The molecule has 0 unspecified atom stereocenters. The molecular formula is C19H16N4O4. The first kappa shape index (κ1) is 17.9. The Bertz CT molecular complexity index is 976. The zero-order valence-corrected chi connectivity index (χ0v) is 14.1. The predicted molar refractivity (Wildman–Crippen MR) is 98.2 cm³/mol. The number of amides is 2. The molecule has 2 heterocycles. The topological polar surface area (TPSA) is 124 Å². The summed E-state index contributed by atoms with van der Waals surface area (Å²) >= 11 is 0. The molecule has 2 amide bonds. The minimum atomic E-state index is -0.710. The third-order valence-corrected chi connectivity index (χ3v) is 3.60. The van der Waals surface area contributed by atoms with Gasteiger partial charge in [0.05, 0.1) is 23.6 Å². The van der Waals surface area contributed by atoms with Crippen molar-refractivity contribution in [3.63, 3.8) is 0 Å². The van der Waals surface area contributed by atoms with Crippen molar-refractivity contribution in [2.45, 2.75) is 0 Å². The SMILES string of the molecule is O=C(CNC(=O)c1nc(-c2ccccn2)ccc1O)Nc1ccccc1O. The van der Waals surface area contributed by atoms with Crippen LogP contribution in [0.4, 0.5) is 5.69 Å². The predicted octanol–water partition coefficient (Wildman–Crippen LogP) is 1.92. The fourth-order valence-corrected chi connectivity index (χ4v) is 2.29. The van der Waals surface area contributed by atoms with Crippen LogP contribution in [0.1, 0.15) is 10.5 Å². The van der Waals surface area contributed by atoms with Crippen molar-refractivity contribution < 1.29 is 19.8 Å². The number of carbonyl (C=O) groups is 2. The third-order valence-electron chi connectivity index (χ3n) is 3.60. The first-order valence-electron chi connectivity index (χ1n) is 8.02. The highest BCUT2D eigenvalue weighted by Gasteiger charge is 2.16. The van der Waals surface area contributed by atoms with E-state index >= 15 is 0 Å². The van der Waals surface area contributed by atoms with Crippen molar-refractivity contribution in [2.24, 2.45) is 0 Å². The van der Waals surface area contributed by atoms with Crippen LogP contribution in [0.15, 0.2) is 60.8 Å². The summed E-state index contributed by atoms with van der Waals surface area (Å²) in [5.41, 5.74) is 0.976. The van der Waals surface area contributed by atoms with Crippen molar-refractivity contribution in [1.29, 1.82) is 0 Å². The minimum absolute atomic E-state index is 0.0838. The second kappa shape index (κ2) is 7.96. The normalized spacial score (nSPS) is 10.2. The molecule has 27 heavy (non-hydrogen) atoms. The molecule has 136 valence electrons. The van der Waals surface area contributed by atoms with E-state index in [0.29, 0.717) is 11.4 Å². The molecule has 0 aliphatic heterocycles. The van der Waals surface area contributed by atoms with Crippen LogP contribution in [-0.4, -0.2) is 38.5 Å². The van der Waals surface area contributed by atoms with Crippen LogP contribution in [0, 0.1) is 0 Å². The summed E-state index contributed by atoms with van der Waals surface area (Å²) in [4.78, 5) is 32.5. The van der Waals surface area contributed by atoms with Crippen molar-refractivity contribution >= 4 is 17.5 Å². The van der Waals surface area contributed by atoms with Gasteiger partial charge in [0, 0.05) is 6.20 Å². The second-order valence-corrected chi connectivity index (χ2v) is 5.53. The largest absolute Gasteiger partial charge is 0.506 e. The van der Waals surface area contributed by atoms with Gasteiger partial charge in [-0.2, -0.15) is 0 Å². The third kappa shape index (κ3) is 4.37. The monoisotopic (exact) mass is 364 g/mol. The molecule has 8 heteroatoms.